The molecule has 0 saturated carbocycles. The average Bonchev–Trinajstić information content (AvgIpc) is 3.19. The van der Waals surface area contributed by atoms with Crippen LogP contribution in [0.2, 0.25) is 0 Å². The molecule has 0 atom stereocenters. The van der Waals surface area contributed by atoms with Crippen molar-refractivity contribution in [3.05, 3.63) is 88.0 Å². The monoisotopic (exact) mass is 430 g/mol. The number of benzene rings is 2. The number of halogens is 2. The lowest BCUT2D eigenvalue weighted by molar-refractivity contribution is 0.0783. The number of furan rings is 1. The van der Waals surface area contributed by atoms with E-state index in [4.69, 9.17) is 4.42 Å². The number of nitrogens with zero attached hydrogens (tertiary/aromatic N) is 1. The number of hydrogen-bond acceptors (Lipinski definition) is 3. The molecule has 0 aliphatic heterocycles. The summed E-state index contributed by atoms with van der Waals surface area (Å²) in [5.41, 5.74) is 1.25. The standard InChI is InChI=1S/C20H16BrFN2O3/c1-24(12-14-10-15(21)7-8-17(14)22)20(26)13-4-2-5-16(11-13)23-19(25)18-6-3-9-27-18/h2-11H,12H2,1H3,(H,23,25). The third-order valence-electron chi connectivity index (χ3n) is 3.87. The van der Waals surface area contributed by atoms with Crippen LogP contribution in [0.15, 0.2) is 69.8 Å². The summed E-state index contributed by atoms with van der Waals surface area (Å²) in [6.45, 7) is 0.118. The molecule has 0 aliphatic carbocycles. The average molecular weight is 431 g/mol. The Balaban J connectivity index is 1.72. The molecule has 0 bridgehead atoms. The van der Waals surface area contributed by atoms with Crippen LogP contribution in [0, 0.1) is 5.82 Å². The van der Waals surface area contributed by atoms with Gasteiger partial charge in [0, 0.05) is 34.9 Å². The van der Waals surface area contributed by atoms with Crippen molar-refractivity contribution >= 4 is 33.4 Å². The van der Waals surface area contributed by atoms with E-state index in [0.717, 1.165) is 4.47 Å². The highest BCUT2D eigenvalue weighted by molar-refractivity contribution is 9.10. The van der Waals surface area contributed by atoms with Crippen LogP contribution in [0.5, 0.6) is 0 Å². The summed E-state index contributed by atoms with van der Waals surface area (Å²) in [4.78, 5) is 26.1. The molecule has 0 spiro atoms. The van der Waals surface area contributed by atoms with E-state index >= 15 is 0 Å². The van der Waals surface area contributed by atoms with Gasteiger partial charge in [0.05, 0.1) is 6.26 Å². The van der Waals surface area contributed by atoms with Crippen molar-refractivity contribution in [2.75, 3.05) is 12.4 Å². The van der Waals surface area contributed by atoms with Crippen LogP contribution in [0.3, 0.4) is 0 Å². The molecule has 0 radical (unpaired) electrons. The van der Waals surface area contributed by atoms with Gasteiger partial charge in [-0.3, -0.25) is 9.59 Å². The molecule has 3 aromatic rings. The zero-order valence-electron chi connectivity index (χ0n) is 14.4. The molecular weight excluding hydrogens is 415 g/mol. The van der Waals surface area contributed by atoms with Gasteiger partial charge in [-0.2, -0.15) is 0 Å². The van der Waals surface area contributed by atoms with Crippen LogP contribution in [-0.2, 0) is 6.54 Å². The maximum atomic E-state index is 13.9. The van der Waals surface area contributed by atoms with Crippen LogP contribution < -0.4 is 5.32 Å². The molecule has 0 unspecified atom stereocenters. The quantitative estimate of drug-likeness (QED) is 0.637. The highest BCUT2D eigenvalue weighted by Gasteiger charge is 2.16. The second-order valence-corrected chi connectivity index (χ2v) is 6.82. The Hall–Kier alpha value is -2.93. The predicted molar refractivity (Wildman–Crippen MR) is 103 cm³/mol. The predicted octanol–water partition coefficient (Wildman–Crippen LogP) is 4.71. The van der Waals surface area contributed by atoms with Gasteiger partial charge in [-0.05, 0) is 48.5 Å². The lowest BCUT2D eigenvalue weighted by Gasteiger charge is -2.18. The molecule has 27 heavy (non-hydrogen) atoms. The highest BCUT2D eigenvalue weighted by Crippen LogP contribution is 2.19. The van der Waals surface area contributed by atoms with Crippen molar-refractivity contribution in [1.29, 1.82) is 0 Å². The maximum absolute atomic E-state index is 13.9. The third kappa shape index (κ3) is 4.62. The molecule has 5 nitrogen and oxygen atoms in total. The normalized spacial score (nSPS) is 10.5. The van der Waals surface area contributed by atoms with E-state index in [-0.39, 0.29) is 24.0 Å². The van der Waals surface area contributed by atoms with E-state index in [1.54, 1.807) is 55.6 Å². The highest BCUT2D eigenvalue weighted by atomic mass is 79.9. The molecular formula is C20H16BrFN2O3. The molecule has 138 valence electrons. The van der Waals surface area contributed by atoms with Crippen molar-refractivity contribution in [1.82, 2.24) is 4.90 Å². The number of carbonyl (C=O) groups excluding carboxylic acids is 2. The van der Waals surface area contributed by atoms with E-state index in [2.05, 4.69) is 21.2 Å². The maximum Gasteiger partial charge on any atom is 0.291 e. The number of amides is 2. The zero-order valence-corrected chi connectivity index (χ0v) is 16.0. The Labute approximate surface area is 163 Å². The van der Waals surface area contributed by atoms with Crippen LogP contribution in [-0.4, -0.2) is 23.8 Å². The van der Waals surface area contributed by atoms with Crippen LogP contribution >= 0.6 is 15.9 Å². The smallest absolute Gasteiger partial charge is 0.291 e. The van der Waals surface area contributed by atoms with Crippen molar-refractivity contribution in [3.63, 3.8) is 0 Å². The Morgan fingerprint density at radius 1 is 1.15 bits per heavy atom. The fourth-order valence-corrected chi connectivity index (χ4v) is 2.95. The minimum atomic E-state index is -0.408. The lowest BCUT2D eigenvalue weighted by Crippen LogP contribution is -2.26. The first kappa shape index (κ1) is 18.8. The summed E-state index contributed by atoms with van der Waals surface area (Å²) < 4.78 is 19.7. The Kier molecular flexibility index (Phi) is 5.71. The van der Waals surface area contributed by atoms with E-state index in [1.165, 1.54) is 17.2 Å². The summed E-state index contributed by atoms with van der Waals surface area (Å²) in [5, 5.41) is 2.68. The lowest BCUT2D eigenvalue weighted by atomic mass is 10.1. The fourth-order valence-electron chi connectivity index (χ4n) is 2.54. The van der Waals surface area contributed by atoms with Crippen LogP contribution in [0.25, 0.3) is 0 Å². The number of anilines is 1. The summed E-state index contributed by atoms with van der Waals surface area (Å²) in [6, 6.07) is 14.3. The van der Waals surface area contributed by atoms with Gasteiger partial charge in [-0.1, -0.05) is 22.0 Å². The molecule has 1 aromatic heterocycles. The minimum absolute atomic E-state index is 0.118. The van der Waals surface area contributed by atoms with Crippen molar-refractivity contribution < 1.29 is 18.4 Å². The second kappa shape index (κ2) is 8.18. The topological polar surface area (TPSA) is 62.6 Å². The van der Waals surface area contributed by atoms with Gasteiger partial charge in [-0.15, -0.1) is 0 Å². The molecule has 3 rings (SSSR count). The molecule has 0 aliphatic rings. The van der Waals surface area contributed by atoms with Crippen molar-refractivity contribution in [3.8, 4) is 0 Å². The number of carbonyl (C=O) groups is 2. The van der Waals surface area contributed by atoms with Gasteiger partial charge in [0.15, 0.2) is 5.76 Å². The van der Waals surface area contributed by atoms with Gasteiger partial charge in [0.2, 0.25) is 0 Å². The first-order valence-electron chi connectivity index (χ1n) is 8.08. The van der Waals surface area contributed by atoms with Crippen molar-refractivity contribution in [2.45, 2.75) is 6.54 Å². The molecule has 7 heteroatoms. The Morgan fingerprint density at radius 2 is 1.96 bits per heavy atom. The molecule has 1 heterocycles. The fraction of sp³-hybridized carbons (Fsp3) is 0.100. The molecule has 2 aromatic carbocycles. The minimum Gasteiger partial charge on any atom is -0.459 e. The number of hydrogen-bond donors (Lipinski definition) is 1. The molecule has 1 N–H and O–H groups in total. The summed E-state index contributed by atoms with van der Waals surface area (Å²) in [6.07, 6.45) is 1.41. The van der Waals surface area contributed by atoms with Gasteiger partial charge >= 0.3 is 0 Å². The number of rotatable bonds is 5. The van der Waals surface area contributed by atoms with E-state index in [0.29, 0.717) is 16.8 Å². The van der Waals surface area contributed by atoms with Gasteiger partial charge in [0.1, 0.15) is 5.82 Å². The first-order chi connectivity index (χ1) is 12.9. The summed E-state index contributed by atoms with van der Waals surface area (Å²) in [5.74, 6) is -0.899. The van der Waals surface area contributed by atoms with Gasteiger partial charge in [0.25, 0.3) is 11.8 Å². The van der Waals surface area contributed by atoms with Gasteiger partial charge < -0.3 is 14.6 Å². The first-order valence-corrected chi connectivity index (χ1v) is 8.87. The molecule has 0 saturated heterocycles. The van der Waals surface area contributed by atoms with Crippen LogP contribution in [0.1, 0.15) is 26.5 Å². The largest absolute Gasteiger partial charge is 0.459 e. The van der Waals surface area contributed by atoms with E-state index in [9.17, 15) is 14.0 Å². The summed E-state index contributed by atoms with van der Waals surface area (Å²) >= 11 is 3.30. The zero-order chi connectivity index (χ0) is 19.4. The Morgan fingerprint density at radius 3 is 2.70 bits per heavy atom. The number of nitrogens with one attached hydrogen (secondary N) is 1. The SMILES string of the molecule is CN(Cc1cc(Br)ccc1F)C(=O)c1cccc(NC(=O)c2ccco2)c1. The van der Waals surface area contributed by atoms with Gasteiger partial charge in [-0.25, -0.2) is 4.39 Å². The molecule has 2 amide bonds. The second-order valence-electron chi connectivity index (χ2n) is 5.91. The Bertz CT molecular complexity index is 973. The van der Waals surface area contributed by atoms with Crippen molar-refractivity contribution in [2.24, 2.45) is 0 Å². The summed E-state index contributed by atoms with van der Waals surface area (Å²) in [7, 11) is 1.59. The van der Waals surface area contributed by atoms with Crippen LogP contribution in [0.4, 0.5) is 10.1 Å². The third-order valence-corrected chi connectivity index (χ3v) is 4.37. The molecule has 0 fully saturated rings. The van der Waals surface area contributed by atoms with E-state index in [1.807, 2.05) is 0 Å². The van der Waals surface area contributed by atoms with E-state index < -0.39 is 5.91 Å².